The summed E-state index contributed by atoms with van der Waals surface area (Å²) in [5.74, 6) is 0. The third-order valence-electron chi connectivity index (χ3n) is 2.30. The van der Waals surface area contributed by atoms with Gasteiger partial charge in [0, 0.05) is 45.4 Å². The number of nitrogens with one attached hydrogen (secondary N) is 2. The second-order valence-corrected chi connectivity index (χ2v) is 5.22. The van der Waals surface area contributed by atoms with Gasteiger partial charge in [0.05, 0.1) is 6.61 Å². The minimum absolute atomic E-state index is 0.219. The maximum atomic E-state index is 5.02. The molecular formula is C12H29N3O. The molecule has 0 aromatic heterocycles. The van der Waals surface area contributed by atoms with Crippen LogP contribution < -0.4 is 10.6 Å². The Balaban J connectivity index is 3.20. The van der Waals surface area contributed by atoms with Gasteiger partial charge < -0.3 is 20.3 Å². The molecule has 0 rings (SSSR count). The molecule has 0 fully saturated rings. The third-order valence-corrected chi connectivity index (χ3v) is 2.30. The highest BCUT2D eigenvalue weighted by molar-refractivity contribution is 4.70. The first-order valence-electron chi connectivity index (χ1n) is 6.09. The second-order valence-electron chi connectivity index (χ2n) is 5.22. The maximum absolute atomic E-state index is 5.02. The molecule has 98 valence electrons. The van der Waals surface area contributed by atoms with Gasteiger partial charge in [0.1, 0.15) is 0 Å². The first-order valence-corrected chi connectivity index (χ1v) is 6.09. The van der Waals surface area contributed by atoms with Gasteiger partial charge in [-0.3, -0.25) is 0 Å². The van der Waals surface area contributed by atoms with E-state index in [1.165, 1.54) is 0 Å². The summed E-state index contributed by atoms with van der Waals surface area (Å²) in [6.45, 7) is 12.5. The largest absolute Gasteiger partial charge is 0.383 e. The Morgan fingerprint density at radius 2 is 1.75 bits per heavy atom. The molecule has 4 heteroatoms. The molecule has 0 spiro atoms. The van der Waals surface area contributed by atoms with E-state index in [4.69, 9.17) is 4.74 Å². The van der Waals surface area contributed by atoms with E-state index in [1.54, 1.807) is 7.11 Å². The van der Waals surface area contributed by atoms with Crippen molar-refractivity contribution in [2.75, 3.05) is 53.5 Å². The van der Waals surface area contributed by atoms with E-state index in [0.717, 1.165) is 39.3 Å². The summed E-state index contributed by atoms with van der Waals surface area (Å²) in [4.78, 5) is 2.27. The molecule has 0 aliphatic carbocycles. The van der Waals surface area contributed by atoms with Crippen LogP contribution in [0.2, 0.25) is 0 Å². The molecule has 2 N–H and O–H groups in total. The Morgan fingerprint density at radius 1 is 1.06 bits per heavy atom. The van der Waals surface area contributed by atoms with Crippen molar-refractivity contribution in [1.29, 1.82) is 0 Å². The zero-order valence-corrected chi connectivity index (χ0v) is 11.6. The van der Waals surface area contributed by atoms with Gasteiger partial charge in [-0.15, -0.1) is 0 Å². The van der Waals surface area contributed by atoms with E-state index < -0.39 is 0 Å². The van der Waals surface area contributed by atoms with Gasteiger partial charge in [0.2, 0.25) is 0 Å². The Labute approximate surface area is 101 Å². The fraction of sp³-hybridized carbons (Fsp3) is 1.00. The van der Waals surface area contributed by atoms with Crippen LogP contribution in [-0.2, 0) is 4.74 Å². The van der Waals surface area contributed by atoms with E-state index in [2.05, 4.69) is 43.4 Å². The smallest absolute Gasteiger partial charge is 0.0589 e. The predicted molar refractivity (Wildman–Crippen MR) is 70.0 cm³/mol. The molecule has 0 aromatic rings. The maximum Gasteiger partial charge on any atom is 0.0589 e. The summed E-state index contributed by atoms with van der Waals surface area (Å²) in [6.07, 6.45) is 0. The van der Waals surface area contributed by atoms with Gasteiger partial charge in [-0.2, -0.15) is 0 Å². The molecule has 0 aliphatic heterocycles. The summed E-state index contributed by atoms with van der Waals surface area (Å²) >= 11 is 0. The van der Waals surface area contributed by atoms with Gasteiger partial charge in [-0.05, 0) is 27.8 Å². The van der Waals surface area contributed by atoms with Crippen LogP contribution in [0.4, 0.5) is 0 Å². The summed E-state index contributed by atoms with van der Waals surface area (Å²) < 4.78 is 5.02. The number of hydrogen-bond acceptors (Lipinski definition) is 4. The van der Waals surface area contributed by atoms with E-state index in [-0.39, 0.29) is 5.54 Å². The minimum Gasteiger partial charge on any atom is -0.383 e. The van der Waals surface area contributed by atoms with Gasteiger partial charge in [-0.1, -0.05) is 0 Å². The number of nitrogens with zero attached hydrogens (tertiary/aromatic N) is 1. The number of methoxy groups -OCH3 is 1. The van der Waals surface area contributed by atoms with Crippen LogP contribution in [0.3, 0.4) is 0 Å². The molecule has 0 saturated carbocycles. The predicted octanol–water partition coefficient (Wildman–Crippen LogP) is 0.542. The average Bonchev–Trinajstić information content (AvgIpc) is 2.18. The lowest BCUT2D eigenvalue weighted by molar-refractivity contribution is 0.161. The van der Waals surface area contributed by atoms with Crippen LogP contribution in [0.25, 0.3) is 0 Å². The first-order chi connectivity index (χ1) is 7.45. The Bertz CT molecular complexity index is 157. The molecule has 16 heavy (non-hydrogen) atoms. The molecule has 0 radical (unpaired) electrons. The van der Waals surface area contributed by atoms with Gasteiger partial charge in [0.15, 0.2) is 0 Å². The standard InChI is InChI=1S/C12H29N3O/c1-12(2,3)14-7-6-13-8-9-15(4)10-11-16-5/h13-14H,6-11H2,1-5H3. The molecule has 0 saturated heterocycles. The van der Waals surface area contributed by atoms with Gasteiger partial charge in [0.25, 0.3) is 0 Å². The number of ether oxygens (including phenoxy) is 1. The second kappa shape index (κ2) is 8.93. The van der Waals surface area contributed by atoms with Crippen molar-refractivity contribution in [3.05, 3.63) is 0 Å². The number of rotatable bonds is 9. The molecule has 0 bridgehead atoms. The first kappa shape index (κ1) is 15.8. The van der Waals surface area contributed by atoms with Crippen LogP contribution in [0.5, 0.6) is 0 Å². The fourth-order valence-electron chi connectivity index (χ4n) is 1.28. The van der Waals surface area contributed by atoms with Crippen LogP contribution in [0.15, 0.2) is 0 Å². The monoisotopic (exact) mass is 231 g/mol. The lowest BCUT2D eigenvalue weighted by atomic mass is 10.1. The van der Waals surface area contributed by atoms with Crippen LogP contribution in [0, 0.1) is 0 Å². The molecular weight excluding hydrogens is 202 g/mol. The zero-order valence-electron chi connectivity index (χ0n) is 11.6. The van der Waals surface area contributed by atoms with Crippen molar-refractivity contribution < 1.29 is 4.74 Å². The molecule has 4 nitrogen and oxygen atoms in total. The van der Waals surface area contributed by atoms with Crippen molar-refractivity contribution in [3.63, 3.8) is 0 Å². The SMILES string of the molecule is COCCN(C)CCNCCNC(C)(C)C. The summed E-state index contributed by atoms with van der Waals surface area (Å²) in [5.41, 5.74) is 0.219. The molecule has 0 aromatic carbocycles. The highest BCUT2D eigenvalue weighted by Gasteiger charge is 2.06. The van der Waals surface area contributed by atoms with Crippen molar-refractivity contribution in [3.8, 4) is 0 Å². The van der Waals surface area contributed by atoms with Crippen LogP contribution >= 0.6 is 0 Å². The lowest BCUT2D eigenvalue weighted by Gasteiger charge is -2.21. The van der Waals surface area contributed by atoms with Gasteiger partial charge in [-0.25, -0.2) is 0 Å². The average molecular weight is 231 g/mol. The summed E-state index contributed by atoms with van der Waals surface area (Å²) in [6, 6.07) is 0. The number of hydrogen-bond donors (Lipinski definition) is 2. The van der Waals surface area contributed by atoms with E-state index >= 15 is 0 Å². The topological polar surface area (TPSA) is 36.5 Å². The normalized spacial score (nSPS) is 12.4. The van der Waals surface area contributed by atoms with E-state index in [9.17, 15) is 0 Å². The zero-order chi connectivity index (χ0) is 12.4. The minimum atomic E-state index is 0.219. The summed E-state index contributed by atoms with van der Waals surface area (Å²) in [7, 11) is 3.86. The van der Waals surface area contributed by atoms with Crippen LogP contribution in [-0.4, -0.2) is 63.9 Å². The molecule has 0 aliphatic rings. The van der Waals surface area contributed by atoms with Crippen molar-refractivity contribution in [2.45, 2.75) is 26.3 Å². The Kier molecular flexibility index (Phi) is 8.84. The summed E-state index contributed by atoms with van der Waals surface area (Å²) in [5, 5.41) is 6.87. The lowest BCUT2D eigenvalue weighted by Crippen LogP contribution is -2.41. The Hall–Kier alpha value is -0.160. The Morgan fingerprint density at radius 3 is 2.31 bits per heavy atom. The highest BCUT2D eigenvalue weighted by Crippen LogP contribution is 1.96. The van der Waals surface area contributed by atoms with Crippen molar-refractivity contribution in [2.24, 2.45) is 0 Å². The van der Waals surface area contributed by atoms with Gasteiger partial charge >= 0.3 is 0 Å². The van der Waals surface area contributed by atoms with E-state index in [1.807, 2.05) is 0 Å². The van der Waals surface area contributed by atoms with Crippen LogP contribution in [0.1, 0.15) is 20.8 Å². The van der Waals surface area contributed by atoms with E-state index in [0.29, 0.717) is 0 Å². The molecule has 0 amide bonds. The highest BCUT2D eigenvalue weighted by atomic mass is 16.5. The quantitative estimate of drug-likeness (QED) is 0.568. The third kappa shape index (κ3) is 11.9. The molecule has 0 unspecified atom stereocenters. The molecule has 0 heterocycles. The fourth-order valence-corrected chi connectivity index (χ4v) is 1.28. The number of likely N-dealkylation sites (N-methyl/N-ethyl adjacent to an activating group) is 1. The van der Waals surface area contributed by atoms with Crippen molar-refractivity contribution in [1.82, 2.24) is 15.5 Å². The van der Waals surface area contributed by atoms with Crippen molar-refractivity contribution >= 4 is 0 Å². The molecule has 0 atom stereocenters.